The van der Waals surface area contributed by atoms with E-state index in [0.29, 0.717) is 19.8 Å². The van der Waals surface area contributed by atoms with Crippen LogP contribution in [-0.2, 0) is 19.1 Å². The fraction of sp³-hybridized carbons (Fsp3) is 0.636. The Labute approximate surface area is 95.8 Å². The number of amides is 1. The molecule has 1 N–H and O–H groups in total. The molecule has 16 heavy (non-hydrogen) atoms. The predicted octanol–water partition coefficient (Wildman–Crippen LogP) is 0.648. The number of carbonyl (C=O) groups excluding carboxylic acids is 2. The summed E-state index contributed by atoms with van der Waals surface area (Å²) < 4.78 is 9.60. The SMILES string of the molecule is C=C(C)COCCNC(=O)CCC(=O)OC. The van der Waals surface area contributed by atoms with Crippen LogP contribution in [0.1, 0.15) is 19.8 Å². The Hall–Kier alpha value is -1.36. The minimum Gasteiger partial charge on any atom is -0.469 e. The average Bonchev–Trinajstić information content (AvgIpc) is 2.24. The smallest absolute Gasteiger partial charge is 0.306 e. The maximum atomic E-state index is 11.2. The highest BCUT2D eigenvalue weighted by Crippen LogP contribution is 1.91. The van der Waals surface area contributed by atoms with E-state index in [9.17, 15) is 9.59 Å². The van der Waals surface area contributed by atoms with Crippen molar-refractivity contribution in [2.75, 3.05) is 26.9 Å². The standard InChI is InChI=1S/C11H19NO4/c1-9(2)8-16-7-6-12-10(13)4-5-11(14)15-3/h1,4-8H2,2-3H3,(H,12,13). The molecule has 0 radical (unpaired) electrons. The normalized spacial score (nSPS) is 9.62. The van der Waals surface area contributed by atoms with Gasteiger partial charge in [0.05, 0.1) is 26.7 Å². The van der Waals surface area contributed by atoms with Gasteiger partial charge in [-0.25, -0.2) is 0 Å². The summed E-state index contributed by atoms with van der Waals surface area (Å²) in [6, 6.07) is 0. The van der Waals surface area contributed by atoms with Crippen LogP contribution in [0.5, 0.6) is 0 Å². The third-order valence-electron chi connectivity index (χ3n) is 1.70. The number of methoxy groups -OCH3 is 1. The van der Waals surface area contributed by atoms with Crippen molar-refractivity contribution in [2.24, 2.45) is 0 Å². The molecule has 0 saturated heterocycles. The Morgan fingerprint density at radius 2 is 2.00 bits per heavy atom. The molecule has 0 rings (SSSR count). The second kappa shape index (κ2) is 8.91. The van der Waals surface area contributed by atoms with Crippen molar-refractivity contribution in [1.82, 2.24) is 5.32 Å². The van der Waals surface area contributed by atoms with E-state index in [1.165, 1.54) is 7.11 Å². The van der Waals surface area contributed by atoms with Crippen LogP contribution in [0.4, 0.5) is 0 Å². The van der Waals surface area contributed by atoms with Crippen LogP contribution in [0.2, 0.25) is 0 Å². The Bertz CT molecular complexity index is 250. The number of hydrogen-bond acceptors (Lipinski definition) is 4. The van der Waals surface area contributed by atoms with E-state index in [2.05, 4.69) is 16.6 Å². The molecule has 0 saturated carbocycles. The topological polar surface area (TPSA) is 64.6 Å². The quantitative estimate of drug-likeness (QED) is 0.377. The molecule has 0 aliphatic rings. The summed E-state index contributed by atoms with van der Waals surface area (Å²) in [4.78, 5) is 21.9. The fourth-order valence-corrected chi connectivity index (χ4v) is 0.915. The summed E-state index contributed by atoms with van der Waals surface area (Å²) >= 11 is 0. The second-order valence-electron chi connectivity index (χ2n) is 3.44. The summed E-state index contributed by atoms with van der Waals surface area (Å²) in [5.41, 5.74) is 0.942. The van der Waals surface area contributed by atoms with Gasteiger partial charge in [0, 0.05) is 13.0 Å². The van der Waals surface area contributed by atoms with Gasteiger partial charge in [0.2, 0.25) is 5.91 Å². The largest absolute Gasteiger partial charge is 0.469 e. The molecule has 5 nitrogen and oxygen atoms in total. The van der Waals surface area contributed by atoms with E-state index in [0.717, 1.165) is 5.57 Å². The van der Waals surface area contributed by atoms with E-state index < -0.39 is 0 Å². The third-order valence-corrected chi connectivity index (χ3v) is 1.70. The second-order valence-corrected chi connectivity index (χ2v) is 3.44. The van der Waals surface area contributed by atoms with Gasteiger partial charge in [-0.2, -0.15) is 0 Å². The molecule has 0 aliphatic heterocycles. The minimum atomic E-state index is -0.381. The van der Waals surface area contributed by atoms with Crippen LogP contribution in [0.3, 0.4) is 0 Å². The average molecular weight is 229 g/mol. The fourth-order valence-electron chi connectivity index (χ4n) is 0.915. The lowest BCUT2D eigenvalue weighted by Gasteiger charge is -2.05. The molecule has 92 valence electrons. The van der Waals surface area contributed by atoms with Gasteiger partial charge >= 0.3 is 5.97 Å². The molecule has 5 heteroatoms. The number of ether oxygens (including phenoxy) is 2. The van der Waals surface area contributed by atoms with Crippen molar-refractivity contribution in [3.63, 3.8) is 0 Å². The van der Waals surface area contributed by atoms with Crippen LogP contribution < -0.4 is 5.32 Å². The van der Waals surface area contributed by atoms with E-state index in [1.807, 2.05) is 6.92 Å². The first-order chi connectivity index (χ1) is 7.56. The lowest BCUT2D eigenvalue weighted by atomic mass is 10.3. The first kappa shape index (κ1) is 14.6. The van der Waals surface area contributed by atoms with E-state index in [-0.39, 0.29) is 24.7 Å². The zero-order valence-electron chi connectivity index (χ0n) is 9.88. The molecule has 0 spiro atoms. The summed E-state index contributed by atoms with van der Waals surface area (Å²) in [6.45, 7) is 6.93. The highest BCUT2D eigenvalue weighted by atomic mass is 16.5. The molecule has 0 bridgehead atoms. The van der Waals surface area contributed by atoms with Crippen molar-refractivity contribution in [3.8, 4) is 0 Å². The van der Waals surface area contributed by atoms with Gasteiger partial charge in [0.15, 0.2) is 0 Å². The Morgan fingerprint density at radius 1 is 1.31 bits per heavy atom. The number of esters is 1. The minimum absolute atomic E-state index is 0.106. The zero-order valence-corrected chi connectivity index (χ0v) is 9.88. The highest BCUT2D eigenvalue weighted by Gasteiger charge is 2.05. The summed E-state index contributed by atoms with van der Waals surface area (Å²) in [7, 11) is 1.30. The van der Waals surface area contributed by atoms with Crippen molar-refractivity contribution in [3.05, 3.63) is 12.2 Å². The van der Waals surface area contributed by atoms with Gasteiger partial charge in [0.1, 0.15) is 0 Å². The van der Waals surface area contributed by atoms with Crippen LogP contribution in [0.25, 0.3) is 0 Å². The summed E-state index contributed by atoms with van der Waals surface area (Å²) in [6.07, 6.45) is 0.252. The van der Waals surface area contributed by atoms with Crippen molar-refractivity contribution < 1.29 is 19.1 Å². The van der Waals surface area contributed by atoms with Crippen LogP contribution >= 0.6 is 0 Å². The van der Waals surface area contributed by atoms with Gasteiger partial charge in [-0.05, 0) is 6.92 Å². The Morgan fingerprint density at radius 3 is 2.56 bits per heavy atom. The molecule has 0 atom stereocenters. The van der Waals surface area contributed by atoms with E-state index >= 15 is 0 Å². The molecule has 0 unspecified atom stereocenters. The zero-order chi connectivity index (χ0) is 12.4. The first-order valence-electron chi connectivity index (χ1n) is 5.12. The van der Waals surface area contributed by atoms with Gasteiger partial charge in [0.25, 0.3) is 0 Å². The Balaban J connectivity index is 3.37. The van der Waals surface area contributed by atoms with Crippen LogP contribution in [0.15, 0.2) is 12.2 Å². The maximum Gasteiger partial charge on any atom is 0.306 e. The van der Waals surface area contributed by atoms with E-state index in [4.69, 9.17) is 4.74 Å². The van der Waals surface area contributed by atoms with Gasteiger partial charge in [-0.3, -0.25) is 9.59 Å². The lowest BCUT2D eigenvalue weighted by molar-refractivity contribution is -0.142. The van der Waals surface area contributed by atoms with Gasteiger partial charge in [-0.15, -0.1) is 0 Å². The first-order valence-corrected chi connectivity index (χ1v) is 5.12. The van der Waals surface area contributed by atoms with Gasteiger partial charge in [-0.1, -0.05) is 12.2 Å². The molecule has 0 aromatic carbocycles. The summed E-state index contributed by atoms with van der Waals surface area (Å²) in [5.74, 6) is -0.557. The number of rotatable bonds is 8. The highest BCUT2D eigenvalue weighted by molar-refractivity contribution is 5.81. The number of nitrogens with one attached hydrogen (secondary N) is 1. The predicted molar refractivity (Wildman–Crippen MR) is 59.9 cm³/mol. The Kier molecular flexibility index (Phi) is 8.15. The monoisotopic (exact) mass is 229 g/mol. The van der Waals surface area contributed by atoms with Crippen LogP contribution in [0, 0.1) is 0 Å². The molecule has 0 heterocycles. The molecule has 1 amide bonds. The molecular formula is C11H19NO4. The number of carbonyl (C=O) groups is 2. The molecule has 0 aromatic heterocycles. The van der Waals surface area contributed by atoms with Crippen molar-refractivity contribution >= 4 is 11.9 Å². The molecule has 0 fully saturated rings. The molecule has 0 aliphatic carbocycles. The summed E-state index contributed by atoms with van der Waals surface area (Å²) in [5, 5.41) is 2.63. The lowest BCUT2D eigenvalue weighted by Crippen LogP contribution is -2.27. The molecule has 0 aromatic rings. The van der Waals surface area contributed by atoms with Gasteiger partial charge < -0.3 is 14.8 Å². The van der Waals surface area contributed by atoms with Crippen LogP contribution in [-0.4, -0.2) is 38.7 Å². The number of hydrogen-bond donors (Lipinski definition) is 1. The van der Waals surface area contributed by atoms with Crippen molar-refractivity contribution in [1.29, 1.82) is 0 Å². The maximum absolute atomic E-state index is 11.2. The van der Waals surface area contributed by atoms with Crippen molar-refractivity contribution in [2.45, 2.75) is 19.8 Å². The molecular weight excluding hydrogens is 210 g/mol. The van der Waals surface area contributed by atoms with E-state index in [1.54, 1.807) is 0 Å². The third kappa shape index (κ3) is 9.21.